The van der Waals surface area contributed by atoms with Gasteiger partial charge in [-0.2, -0.15) is 0 Å². The van der Waals surface area contributed by atoms with Crippen molar-refractivity contribution >= 4 is 40.0 Å². The van der Waals surface area contributed by atoms with Crippen LogP contribution in [0.2, 0.25) is 10.0 Å². The highest BCUT2D eigenvalue weighted by atomic mass is 35.5. The van der Waals surface area contributed by atoms with Gasteiger partial charge in [-0.25, -0.2) is 4.98 Å². The standard InChI is InChI=1S/C18H14Cl2N2O/c1-22(11-12-6-8-14(19)15(20)10-12)18(23)17-9-7-13-4-2-3-5-16(13)21-17/h2-10H,11H2,1H3. The lowest BCUT2D eigenvalue weighted by Gasteiger charge is -2.17. The summed E-state index contributed by atoms with van der Waals surface area (Å²) in [7, 11) is 1.74. The molecule has 116 valence electrons. The van der Waals surface area contributed by atoms with Crippen molar-refractivity contribution in [3.63, 3.8) is 0 Å². The molecule has 0 saturated carbocycles. The zero-order chi connectivity index (χ0) is 16.4. The minimum atomic E-state index is -0.137. The van der Waals surface area contributed by atoms with Crippen LogP contribution in [0.4, 0.5) is 0 Å². The fraction of sp³-hybridized carbons (Fsp3) is 0.111. The van der Waals surface area contributed by atoms with Gasteiger partial charge in [0.1, 0.15) is 5.69 Å². The Morgan fingerprint density at radius 1 is 1.04 bits per heavy atom. The summed E-state index contributed by atoms with van der Waals surface area (Å²) in [5, 5.41) is 1.99. The molecule has 0 aliphatic heterocycles. The Morgan fingerprint density at radius 3 is 2.61 bits per heavy atom. The van der Waals surface area contributed by atoms with Crippen molar-refractivity contribution in [3.8, 4) is 0 Å². The van der Waals surface area contributed by atoms with Gasteiger partial charge in [-0.1, -0.05) is 53.5 Å². The first-order valence-corrected chi connectivity index (χ1v) is 7.85. The lowest BCUT2D eigenvalue weighted by molar-refractivity contribution is 0.0779. The van der Waals surface area contributed by atoms with Crippen molar-refractivity contribution in [3.05, 3.63) is 75.9 Å². The number of hydrogen-bond acceptors (Lipinski definition) is 2. The molecule has 0 aliphatic carbocycles. The first-order chi connectivity index (χ1) is 11.0. The zero-order valence-corrected chi connectivity index (χ0v) is 14.0. The van der Waals surface area contributed by atoms with Crippen LogP contribution in [0.3, 0.4) is 0 Å². The molecule has 2 aromatic carbocycles. The molecule has 1 aromatic heterocycles. The molecule has 3 rings (SSSR count). The Kier molecular flexibility index (Phi) is 4.51. The van der Waals surface area contributed by atoms with E-state index in [9.17, 15) is 4.79 Å². The highest BCUT2D eigenvalue weighted by molar-refractivity contribution is 6.42. The monoisotopic (exact) mass is 344 g/mol. The van der Waals surface area contributed by atoms with E-state index in [2.05, 4.69) is 4.98 Å². The van der Waals surface area contributed by atoms with E-state index in [4.69, 9.17) is 23.2 Å². The molecule has 0 fully saturated rings. The molecule has 3 aromatic rings. The molecule has 5 heteroatoms. The second kappa shape index (κ2) is 6.57. The maximum absolute atomic E-state index is 12.5. The Morgan fingerprint density at radius 2 is 1.83 bits per heavy atom. The number of amides is 1. The summed E-state index contributed by atoms with van der Waals surface area (Å²) >= 11 is 11.9. The van der Waals surface area contributed by atoms with Gasteiger partial charge in [0.2, 0.25) is 0 Å². The quantitative estimate of drug-likeness (QED) is 0.682. The van der Waals surface area contributed by atoms with Crippen LogP contribution in [-0.2, 0) is 6.54 Å². The van der Waals surface area contributed by atoms with Crippen molar-refractivity contribution in [1.82, 2.24) is 9.88 Å². The van der Waals surface area contributed by atoms with Crippen LogP contribution in [0, 0.1) is 0 Å². The van der Waals surface area contributed by atoms with E-state index in [1.165, 1.54) is 0 Å². The molecule has 0 bridgehead atoms. The molecule has 0 atom stereocenters. The minimum Gasteiger partial charge on any atom is -0.336 e. The van der Waals surface area contributed by atoms with E-state index in [1.54, 1.807) is 30.1 Å². The predicted molar refractivity (Wildman–Crippen MR) is 94.0 cm³/mol. The van der Waals surface area contributed by atoms with Gasteiger partial charge in [0.15, 0.2) is 0 Å². The van der Waals surface area contributed by atoms with Crippen LogP contribution in [0.5, 0.6) is 0 Å². The van der Waals surface area contributed by atoms with E-state index in [0.29, 0.717) is 22.3 Å². The molecule has 1 amide bonds. The maximum Gasteiger partial charge on any atom is 0.272 e. The average Bonchev–Trinajstić information content (AvgIpc) is 2.57. The van der Waals surface area contributed by atoms with E-state index in [1.807, 2.05) is 36.4 Å². The number of benzene rings is 2. The smallest absolute Gasteiger partial charge is 0.272 e. The number of nitrogens with zero attached hydrogens (tertiary/aromatic N) is 2. The van der Waals surface area contributed by atoms with E-state index >= 15 is 0 Å². The van der Waals surface area contributed by atoms with Gasteiger partial charge in [0.25, 0.3) is 5.91 Å². The van der Waals surface area contributed by atoms with Crippen LogP contribution in [0.25, 0.3) is 10.9 Å². The van der Waals surface area contributed by atoms with Crippen LogP contribution >= 0.6 is 23.2 Å². The molecule has 0 spiro atoms. The SMILES string of the molecule is CN(Cc1ccc(Cl)c(Cl)c1)C(=O)c1ccc2ccccc2n1. The minimum absolute atomic E-state index is 0.137. The Hall–Kier alpha value is -2.10. The van der Waals surface area contributed by atoms with Crippen LogP contribution in [0.15, 0.2) is 54.6 Å². The second-order valence-electron chi connectivity index (χ2n) is 5.30. The van der Waals surface area contributed by atoms with E-state index in [0.717, 1.165) is 16.5 Å². The van der Waals surface area contributed by atoms with Gasteiger partial charge in [-0.3, -0.25) is 4.79 Å². The fourth-order valence-electron chi connectivity index (χ4n) is 2.36. The van der Waals surface area contributed by atoms with Crippen LogP contribution in [0.1, 0.15) is 16.1 Å². The first-order valence-electron chi connectivity index (χ1n) is 7.10. The molecule has 0 aliphatic rings. The van der Waals surface area contributed by atoms with Crippen molar-refractivity contribution in [1.29, 1.82) is 0 Å². The van der Waals surface area contributed by atoms with Gasteiger partial charge < -0.3 is 4.90 Å². The number of carbonyl (C=O) groups excluding carboxylic acids is 1. The number of rotatable bonds is 3. The Labute approximate surface area is 144 Å². The summed E-state index contributed by atoms with van der Waals surface area (Å²) in [6.45, 7) is 0.435. The molecule has 0 unspecified atom stereocenters. The highest BCUT2D eigenvalue weighted by Crippen LogP contribution is 2.23. The first kappa shape index (κ1) is 15.8. The van der Waals surface area contributed by atoms with Gasteiger partial charge in [0.05, 0.1) is 15.6 Å². The summed E-state index contributed by atoms with van der Waals surface area (Å²) in [6, 6.07) is 16.7. The number of carbonyl (C=O) groups is 1. The summed E-state index contributed by atoms with van der Waals surface area (Å²) in [5.74, 6) is -0.137. The fourth-order valence-corrected chi connectivity index (χ4v) is 2.69. The molecule has 0 N–H and O–H groups in total. The van der Waals surface area contributed by atoms with Crippen LogP contribution in [-0.4, -0.2) is 22.8 Å². The lowest BCUT2D eigenvalue weighted by Crippen LogP contribution is -2.27. The molecule has 0 saturated heterocycles. The van der Waals surface area contributed by atoms with Gasteiger partial charge in [0, 0.05) is 19.0 Å². The highest BCUT2D eigenvalue weighted by Gasteiger charge is 2.14. The number of aromatic nitrogens is 1. The molecule has 23 heavy (non-hydrogen) atoms. The third-order valence-electron chi connectivity index (χ3n) is 3.57. The summed E-state index contributed by atoms with van der Waals surface area (Å²) in [6.07, 6.45) is 0. The average molecular weight is 345 g/mol. The van der Waals surface area contributed by atoms with Crippen molar-refractivity contribution < 1.29 is 4.79 Å². The van der Waals surface area contributed by atoms with Gasteiger partial charge in [-0.15, -0.1) is 0 Å². The Bertz CT molecular complexity index is 880. The van der Waals surface area contributed by atoms with Crippen LogP contribution < -0.4 is 0 Å². The predicted octanol–water partition coefficient (Wildman–Crippen LogP) is 4.81. The molecular formula is C18H14Cl2N2O. The normalized spacial score (nSPS) is 10.7. The molecular weight excluding hydrogens is 331 g/mol. The lowest BCUT2D eigenvalue weighted by atomic mass is 10.2. The number of para-hydroxylation sites is 1. The molecule has 1 heterocycles. The number of halogens is 2. The van der Waals surface area contributed by atoms with Gasteiger partial charge in [-0.05, 0) is 29.8 Å². The number of fused-ring (bicyclic) bond motifs is 1. The summed E-state index contributed by atoms with van der Waals surface area (Å²) < 4.78 is 0. The third-order valence-corrected chi connectivity index (χ3v) is 4.31. The Balaban J connectivity index is 1.81. The second-order valence-corrected chi connectivity index (χ2v) is 6.11. The maximum atomic E-state index is 12.5. The molecule has 0 radical (unpaired) electrons. The van der Waals surface area contributed by atoms with E-state index < -0.39 is 0 Å². The number of pyridine rings is 1. The summed E-state index contributed by atoms with van der Waals surface area (Å²) in [5.41, 5.74) is 2.14. The third kappa shape index (κ3) is 3.46. The number of hydrogen-bond donors (Lipinski definition) is 0. The van der Waals surface area contributed by atoms with E-state index in [-0.39, 0.29) is 5.91 Å². The molecule has 3 nitrogen and oxygen atoms in total. The zero-order valence-electron chi connectivity index (χ0n) is 12.5. The summed E-state index contributed by atoms with van der Waals surface area (Å²) in [4.78, 5) is 18.6. The largest absolute Gasteiger partial charge is 0.336 e. The van der Waals surface area contributed by atoms with Gasteiger partial charge >= 0.3 is 0 Å². The van der Waals surface area contributed by atoms with Crippen molar-refractivity contribution in [2.45, 2.75) is 6.54 Å². The topological polar surface area (TPSA) is 33.2 Å². The van der Waals surface area contributed by atoms with Crippen molar-refractivity contribution in [2.24, 2.45) is 0 Å². The van der Waals surface area contributed by atoms with Crippen molar-refractivity contribution in [2.75, 3.05) is 7.05 Å².